The molecule has 2 aromatic carbocycles. The number of ether oxygens (including phenoxy) is 2. The van der Waals surface area contributed by atoms with Crippen molar-refractivity contribution in [2.75, 3.05) is 0 Å². The van der Waals surface area contributed by atoms with E-state index in [0.29, 0.717) is 6.42 Å². The van der Waals surface area contributed by atoms with E-state index in [1.807, 2.05) is 74.6 Å². The van der Waals surface area contributed by atoms with Gasteiger partial charge in [-0.15, -0.1) is 0 Å². The number of benzene rings is 2. The molecular formula is C29H37N3O5. The number of nitrogens with one attached hydrogen (secondary N) is 3. The van der Waals surface area contributed by atoms with Gasteiger partial charge in [0.1, 0.15) is 24.3 Å². The molecule has 0 fully saturated rings. The number of rotatable bonds is 10. The van der Waals surface area contributed by atoms with Crippen LogP contribution in [0.15, 0.2) is 60.8 Å². The van der Waals surface area contributed by atoms with E-state index in [9.17, 15) is 14.4 Å². The second-order valence-electron chi connectivity index (χ2n) is 10.2. The van der Waals surface area contributed by atoms with E-state index >= 15 is 0 Å². The lowest BCUT2D eigenvalue weighted by molar-refractivity contribution is -0.149. The maximum Gasteiger partial charge on any atom is 0.408 e. The van der Waals surface area contributed by atoms with E-state index < -0.39 is 35.7 Å². The van der Waals surface area contributed by atoms with Crippen LogP contribution >= 0.6 is 0 Å². The first-order valence-corrected chi connectivity index (χ1v) is 12.6. The van der Waals surface area contributed by atoms with Crippen molar-refractivity contribution in [3.05, 3.63) is 71.9 Å². The van der Waals surface area contributed by atoms with Crippen molar-refractivity contribution in [3.8, 4) is 0 Å². The van der Waals surface area contributed by atoms with Gasteiger partial charge >= 0.3 is 12.1 Å². The van der Waals surface area contributed by atoms with Gasteiger partial charge < -0.3 is 25.1 Å². The number of alkyl carbamates (subject to hydrolysis) is 1. The minimum absolute atomic E-state index is 0.0882. The quantitative estimate of drug-likeness (QED) is 0.339. The lowest BCUT2D eigenvalue weighted by atomic mass is 9.97. The number of para-hydroxylation sites is 1. The Labute approximate surface area is 218 Å². The van der Waals surface area contributed by atoms with Crippen molar-refractivity contribution >= 4 is 28.9 Å². The molecule has 0 bridgehead atoms. The predicted octanol–water partition coefficient (Wildman–Crippen LogP) is 4.88. The average Bonchev–Trinajstić information content (AvgIpc) is 3.27. The van der Waals surface area contributed by atoms with Gasteiger partial charge in [0.2, 0.25) is 5.91 Å². The highest BCUT2D eigenvalue weighted by molar-refractivity contribution is 5.91. The highest BCUT2D eigenvalue weighted by Crippen LogP contribution is 2.20. The first kappa shape index (κ1) is 27.8. The van der Waals surface area contributed by atoms with E-state index in [-0.39, 0.29) is 18.9 Å². The van der Waals surface area contributed by atoms with Crippen LogP contribution in [0.4, 0.5) is 4.79 Å². The van der Waals surface area contributed by atoms with Gasteiger partial charge in [-0.25, -0.2) is 9.59 Å². The minimum atomic E-state index is -0.956. The van der Waals surface area contributed by atoms with Crippen LogP contribution in [0.25, 0.3) is 10.9 Å². The number of hydrogen-bond acceptors (Lipinski definition) is 5. The maximum absolute atomic E-state index is 13.4. The molecule has 1 heterocycles. The van der Waals surface area contributed by atoms with Crippen molar-refractivity contribution in [2.45, 2.75) is 71.8 Å². The largest absolute Gasteiger partial charge is 0.459 e. The molecular weight excluding hydrogens is 470 g/mol. The Morgan fingerprint density at radius 1 is 0.973 bits per heavy atom. The van der Waals surface area contributed by atoms with E-state index in [0.717, 1.165) is 22.0 Å². The maximum atomic E-state index is 13.4. The van der Waals surface area contributed by atoms with Crippen LogP contribution < -0.4 is 10.6 Å². The first-order chi connectivity index (χ1) is 17.6. The first-order valence-electron chi connectivity index (χ1n) is 12.6. The van der Waals surface area contributed by atoms with Gasteiger partial charge in [-0.3, -0.25) is 4.79 Å². The molecule has 0 saturated heterocycles. The Bertz CT molecular complexity index is 1200. The standard InChI is InChI=1S/C29H37N3O5/c1-6-19(2)25(32-28(35)37-29(3,4)5)26(33)31-24(27(34)36-18-20-12-8-7-9-13-20)16-21-17-30-23-15-11-10-14-22(21)23/h7-15,17,19,24-25,30H,6,16,18H2,1-5H3,(H,31,33)(H,32,35)/t19-,24?,25-/m0/s1. The lowest BCUT2D eigenvalue weighted by Crippen LogP contribution is -2.55. The van der Waals surface area contributed by atoms with Gasteiger partial charge in [0, 0.05) is 23.5 Å². The third kappa shape index (κ3) is 8.10. The van der Waals surface area contributed by atoms with Crippen molar-refractivity contribution in [3.63, 3.8) is 0 Å². The summed E-state index contributed by atoms with van der Waals surface area (Å²) in [6.07, 6.45) is 2.01. The molecule has 0 aliphatic rings. The number of carbonyl (C=O) groups is 3. The number of esters is 1. The normalized spacial score (nSPS) is 13.9. The summed E-state index contributed by atoms with van der Waals surface area (Å²) in [5.74, 6) is -1.22. The van der Waals surface area contributed by atoms with Crippen molar-refractivity contribution < 1.29 is 23.9 Å². The second kappa shape index (κ2) is 12.4. The molecule has 1 unspecified atom stereocenters. The number of aromatic nitrogens is 1. The Balaban J connectivity index is 1.80. The second-order valence-corrected chi connectivity index (χ2v) is 10.2. The molecule has 0 aliphatic heterocycles. The van der Waals surface area contributed by atoms with Crippen molar-refractivity contribution in [1.82, 2.24) is 15.6 Å². The summed E-state index contributed by atoms with van der Waals surface area (Å²) in [7, 11) is 0. The van der Waals surface area contributed by atoms with Gasteiger partial charge in [0.25, 0.3) is 0 Å². The Morgan fingerprint density at radius 3 is 2.32 bits per heavy atom. The van der Waals surface area contributed by atoms with Gasteiger partial charge in [0.05, 0.1) is 0 Å². The van der Waals surface area contributed by atoms with Gasteiger partial charge in [0.15, 0.2) is 0 Å². The molecule has 3 atom stereocenters. The predicted molar refractivity (Wildman–Crippen MR) is 143 cm³/mol. The average molecular weight is 508 g/mol. The van der Waals surface area contributed by atoms with E-state index in [1.54, 1.807) is 20.8 Å². The molecule has 3 aromatic rings. The number of hydrogen-bond donors (Lipinski definition) is 3. The van der Waals surface area contributed by atoms with Crippen LogP contribution in [0.5, 0.6) is 0 Å². The molecule has 2 amide bonds. The molecule has 3 rings (SSSR count). The summed E-state index contributed by atoms with van der Waals surface area (Å²) >= 11 is 0. The third-order valence-electron chi connectivity index (χ3n) is 6.09. The Kier molecular flexibility index (Phi) is 9.33. The molecule has 37 heavy (non-hydrogen) atoms. The topological polar surface area (TPSA) is 110 Å². The highest BCUT2D eigenvalue weighted by Gasteiger charge is 2.32. The highest BCUT2D eigenvalue weighted by atomic mass is 16.6. The van der Waals surface area contributed by atoms with Crippen LogP contribution in [-0.2, 0) is 32.1 Å². The van der Waals surface area contributed by atoms with Crippen LogP contribution in [-0.4, -0.2) is 40.6 Å². The van der Waals surface area contributed by atoms with E-state index in [2.05, 4.69) is 15.6 Å². The number of fused-ring (bicyclic) bond motifs is 1. The van der Waals surface area contributed by atoms with E-state index in [4.69, 9.17) is 9.47 Å². The summed E-state index contributed by atoms with van der Waals surface area (Å²) in [5, 5.41) is 6.49. The van der Waals surface area contributed by atoms with E-state index in [1.165, 1.54) is 0 Å². The summed E-state index contributed by atoms with van der Waals surface area (Å²) < 4.78 is 11.0. The molecule has 0 saturated carbocycles. The number of aromatic amines is 1. The smallest absolute Gasteiger partial charge is 0.408 e. The van der Waals surface area contributed by atoms with Crippen LogP contribution in [0, 0.1) is 5.92 Å². The zero-order valence-electron chi connectivity index (χ0n) is 22.2. The molecule has 0 radical (unpaired) electrons. The Hall–Kier alpha value is -3.81. The molecule has 3 N–H and O–H groups in total. The van der Waals surface area contributed by atoms with Gasteiger partial charge in [-0.1, -0.05) is 68.8 Å². The summed E-state index contributed by atoms with van der Waals surface area (Å²) in [6, 6.07) is 15.3. The number of amides is 2. The van der Waals surface area contributed by atoms with Crippen LogP contribution in [0.1, 0.15) is 52.2 Å². The summed E-state index contributed by atoms with van der Waals surface area (Å²) in [6.45, 7) is 9.15. The molecule has 0 spiro atoms. The summed E-state index contributed by atoms with van der Waals surface area (Å²) in [5.41, 5.74) is 1.94. The monoisotopic (exact) mass is 507 g/mol. The fraction of sp³-hybridized carbons (Fsp3) is 0.414. The molecule has 1 aromatic heterocycles. The molecule has 0 aliphatic carbocycles. The number of carbonyl (C=O) groups excluding carboxylic acids is 3. The SMILES string of the molecule is CC[C@H](C)[C@H](NC(=O)OC(C)(C)C)C(=O)NC(Cc1c[nH]c2ccccc12)C(=O)OCc1ccccc1. The molecule has 8 nitrogen and oxygen atoms in total. The lowest BCUT2D eigenvalue weighted by Gasteiger charge is -2.27. The van der Waals surface area contributed by atoms with Crippen molar-refractivity contribution in [2.24, 2.45) is 5.92 Å². The van der Waals surface area contributed by atoms with Crippen LogP contribution in [0.2, 0.25) is 0 Å². The fourth-order valence-electron chi connectivity index (χ4n) is 3.94. The minimum Gasteiger partial charge on any atom is -0.459 e. The van der Waals surface area contributed by atoms with Gasteiger partial charge in [-0.2, -0.15) is 0 Å². The molecule has 8 heteroatoms. The van der Waals surface area contributed by atoms with Gasteiger partial charge in [-0.05, 0) is 43.9 Å². The molecule has 198 valence electrons. The van der Waals surface area contributed by atoms with Crippen molar-refractivity contribution in [1.29, 1.82) is 0 Å². The zero-order valence-corrected chi connectivity index (χ0v) is 22.2. The zero-order chi connectivity index (χ0) is 27.0. The Morgan fingerprint density at radius 2 is 1.65 bits per heavy atom. The summed E-state index contributed by atoms with van der Waals surface area (Å²) in [4.78, 5) is 42.3. The number of H-pyrrole nitrogens is 1. The fourth-order valence-corrected chi connectivity index (χ4v) is 3.94. The van der Waals surface area contributed by atoms with Crippen LogP contribution in [0.3, 0.4) is 0 Å². The third-order valence-corrected chi connectivity index (χ3v) is 6.09.